The molecule has 0 bridgehead atoms. The molecule has 8 nitrogen and oxygen atoms in total. The summed E-state index contributed by atoms with van der Waals surface area (Å²) in [4.78, 5) is 34.8. The highest BCUT2D eigenvalue weighted by molar-refractivity contribution is 6.08. The summed E-state index contributed by atoms with van der Waals surface area (Å²) in [5.41, 5.74) is 1.21. The average Bonchev–Trinajstić information content (AvgIpc) is 2.82. The minimum absolute atomic E-state index is 0.112. The molecule has 8 heteroatoms. The van der Waals surface area contributed by atoms with E-state index >= 15 is 0 Å². The summed E-state index contributed by atoms with van der Waals surface area (Å²) >= 11 is 0. The number of non-ortho nitro benzene ring substituents is 1. The normalized spacial score (nSPS) is 10.6. The van der Waals surface area contributed by atoms with Crippen LogP contribution in [0.25, 0.3) is 6.08 Å². The largest absolute Gasteiger partial charge is 0.497 e. The van der Waals surface area contributed by atoms with Crippen LogP contribution in [-0.4, -0.2) is 30.9 Å². The second kappa shape index (κ2) is 10.0. The number of nitro benzene ring substituents is 1. The quantitative estimate of drug-likeness (QED) is 0.126. The number of benzene rings is 3. The van der Waals surface area contributed by atoms with E-state index in [2.05, 4.69) is 0 Å². The molecule has 0 atom stereocenters. The SMILES string of the molecule is COc1ccc(C(=O)C=Cc2ccc(OC(=O)c3ccc([N+](=O)[O-])cc3)cc2)c(OC)c1. The van der Waals surface area contributed by atoms with Gasteiger partial charge in [-0.25, -0.2) is 4.79 Å². The first-order valence-electron chi connectivity index (χ1n) is 9.42. The van der Waals surface area contributed by atoms with E-state index in [1.54, 1.807) is 48.5 Å². The zero-order valence-electron chi connectivity index (χ0n) is 17.3. The average molecular weight is 433 g/mol. The number of methoxy groups -OCH3 is 2. The van der Waals surface area contributed by atoms with Crippen LogP contribution in [0.1, 0.15) is 26.3 Å². The molecule has 3 rings (SSSR count). The third kappa shape index (κ3) is 5.37. The van der Waals surface area contributed by atoms with Crippen LogP contribution in [0.15, 0.2) is 72.8 Å². The fraction of sp³-hybridized carbons (Fsp3) is 0.0833. The highest BCUT2D eigenvalue weighted by Gasteiger charge is 2.12. The highest BCUT2D eigenvalue weighted by Crippen LogP contribution is 2.25. The number of ether oxygens (including phenoxy) is 3. The Bertz CT molecular complexity index is 1170. The Kier molecular flexibility index (Phi) is 6.97. The number of hydrogen-bond acceptors (Lipinski definition) is 7. The van der Waals surface area contributed by atoms with Crippen molar-refractivity contribution in [1.29, 1.82) is 0 Å². The third-order valence-corrected chi connectivity index (χ3v) is 4.51. The molecule has 0 unspecified atom stereocenters. The van der Waals surface area contributed by atoms with Crippen LogP contribution >= 0.6 is 0 Å². The minimum atomic E-state index is -0.634. The molecule has 0 aliphatic carbocycles. The van der Waals surface area contributed by atoms with Crippen molar-refractivity contribution in [3.05, 3.63) is 99.6 Å². The lowest BCUT2D eigenvalue weighted by molar-refractivity contribution is -0.384. The van der Waals surface area contributed by atoms with E-state index < -0.39 is 10.9 Å². The topological polar surface area (TPSA) is 105 Å². The van der Waals surface area contributed by atoms with Gasteiger partial charge in [0.25, 0.3) is 5.69 Å². The van der Waals surface area contributed by atoms with Crippen LogP contribution in [0.4, 0.5) is 5.69 Å². The summed E-state index contributed by atoms with van der Waals surface area (Å²) in [6.07, 6.45) is 3.05. The van der Waals surface area contributed by atoms with E-state index in [0.717, 1.165) is 5.56 Å². The monoisotopic (exact) mass is 433 g/mol. The number of hydrogen-bond donors (Lipinski definition) is 0. The smallest absolute Gasteiger partial charge is 0.343 e. The molecule has 0 amide bonds. The lowest BCUT2D eigenvalue weighted by atomic mass is 10.1. The van der Waals surface area contributed by atoms with Gasteiger partial charge in [-0.1, -0.05) is 18.2 Å². The number of nitro groups is 1. The van der Waals surface area contributed by atoms with Gasteiger partial charge in [0.1, 0.15) is 17.2 Å². The maximum atomic E-state index is 12.5. The van der Waals surface area contributed by atoms with E-state index in [4.69, 9.17) is 14.2 Å². The van der Waals surface area contributed by atoms with Gasteiger partial charge >= 0.3 is 5.97 Å². The highest BCUT2D eigenvalue weighted by atomic mass is 16.6. The van der Waals surface area contributed by atoms with E-state index in [1.807, 2.05) is 0 Å². The van der Waals surface area contributed by atoms with Crippen LogP contribution < -0.4 is 14.2 Å². The van der Waals surface area contributed by atoms with Gasteiger partial charge in [-0.15, -0.1) is 0 Å². The summed E-state index contributed by atoms with van der Waals surface area (Å²) in [5.74, 6) is 0.422. The van der Waals surface area contributed by atoms with Crippen LogP contribution in [-0.2, 0) is 0 Å². The third-order valence-electron chi connectivity index (χ3n) is 4.51. The van der Waals surface area contributed by atoms with Gasteiger partial charge in [-0.3, -0.25) is 14.9 Å². The molecule has 0 aromatic heterocycles. The second-order valence-electron chi connectivity index (χ2n) is 6.53. The lowest BCUT2D eigenvalue weighted by Gasteiger charge is -2.08. The Hall–Kier alpha value is -4.46. The number of rotatable bonds is 8. The molecular weight excluding hydrogens is 414 g/mol. The van der Waals surface area contributed by atoms with Crippen molar-refractivity contribution >= 4 is 23.5 Å². The van der Waals surface area contributed by atoms with Crippen molar-refractivity contribution in [2.75, 3.05) is 14.2 Å². The first-order valence-corrected chi connectivity index (χ1v) is 9.42. The lowest BCUT2D eigenvalue weighted by Crippen LogP contribution is -2.08. The molecule has 0 radical (unpaired) electrons. The van der Waals surface area contributed by atoms with Crippen molar-refractivity contribution in [2.45, 2.75) is 0 Å². The number of allylic oxidation sites excluding steroid dienone is 1. The standard InChI is InChI=1S/C24H19NO7/c1-30-20-12-13-21(23(15-20)31-2)22(26)14-5-16-3-10-19(11-4-16)32-24(27)17-6-8-18(9-7-17)25(28)29/h3-15H,1-2H3. The molecule has 0 N–H and O–H groups in total. The molecule has 0 heterocycles. The Morgan fingerprint density at radius 1 is 0.875 bits per heavy atom. The zero-order chi connectivity index (χ0) is 23.1. The van der Waals surface area contributed by atoms with Crippen molar-refractivity contribution in [1.82, 2.24) is 0 Å². The molecular formula is C24H19NO7. The molecule has 0 aliphatic rings. The summed E-state index contributed by atoms with van der Waals surface area (Å²) in [6.45, 7) is 0. The number of nitrogens with zero attached hydrogens (tertiary/aromatic N) is 1. The van der Waals surface area contributed by atoms with E-state index in [9.17, 15) is 19.7 Å². The van der Waals surface area contributed by atoms with Crippen molar-refractivity contribution in [2.24, 2.45) is 0 Å². The Labute approximate surface area is 183 Å². The summed E-state index contributed by atoms with van der Waals surface area (Å²) in [7, 11) is 3.01. The Morgan fingerprint density at radius 2 is 1.53 bits per heavy atom. The number of esters is 1. The van der Waals surface area contributed by atoms with Gasteiger partial charge in [0.2, 0.25) is 0 Å². The van der Waals surface area contributed by atoms with Gasteiger partial charge < -0.3 is 14.2 Å². The molecule has 3 aromatic carbocycles. The fourth-order valence-electron chi connectivity index (χ4n) is 2.80. The summed E-state index contributed by atoms with van der Waals surface area (Å²) in [5, 5.41) is 10.7. The Balaban J connectivity index is 1.65. The number of carbonyl (C=O) groups is 2. The molecule has 32 heavy (non-hydrogen) atoms. The molecule has 0 aliphatic heterocycles. The van der Waals surface area contributed by atoms with E-state index in [-0.39, 0.29) is 17.0 Å². The predicted octanol–water partition coefficient (Wildman–Crippen LogP) is 4.73. The van der Waals surface area contributed by atoms with Gasteiger partial charge in [0.05, 0.1) is 30.3 Å². The fourth-order valence-corrected chi connectivity index (χ4v) is 2.80. The molecule has 162 valence electrons. The van der Waals surface area contributed by atoms with Crippen LogP contribution in [0.5, 0.6) is 17.2 Å². The minimum Gasteiger partial charge on any atom is -0.497 e. The molecule has 0 saturated heterocycles. The van der Waals surface area contributed by atoms with Gasteiger partial charge in [0, 0.05) is 18.2 Å². The van der Waals surface area contributed by atoms with Crippen molar-refractivity contribution in [3.63, 3.8) is 0 Å². The predicted molar refractivity (Wildman–Crippen MR) is 117 cm³/mol. The van der Waals surface area contributed by atoms with Gasteiger partial charge in [0.15, 0.2) is 5.78 Å². The maximum absolute atomic E-state index is 12.5. The summed E-state index contributed by atoms with van der Waals surface area (Å²) < 4.78 is 15.7. The van der Waals surface area contributed by atoms with Crippen LogP contribution in [0, 0.1) is 10.1 Å². The van der Waals surface area contributed by atoms with Crippen molar-refractivity contribution in [3.8, 4) is 17.2 Å². The number of ketones is 1. The second-order valence-corrected chi connectivity index (χ2v) is 6.53. The number of carbonyl (C=O) groups excluding carboxylic acids is 2. The van der Waals surface area contributed by atoms with Crippen LogP contribution in [0.3, 0.4) is 0 Å². The first-order chi connectivity index (χ1) is 15.4. The van der Waals surface area contributed by atoms with E-state index in [0.29, 0.717) is 22.8 Å². The van der Waals surface area contributed by atoms with Gasteiger partial charge in [-0.05, 0) is 48.0 Å². The van der Waals surface area contributed by atoms with E-state index in [1.165, 1.54) is 44.6 Å². The molecule has 0 spiro atoms. The summed E-state index contributed by atoms with van der Waals surface area (Å²) in [6, 6.07) is 16.6. The van der Waals surface area contributed by atoms with Gasteiger partial charge in [-0.2, -0.15) is 0 Å². The maximum Gasteiger partial charge on any atom is 0.343 e. The molecule has 0 fully saturated rings. The molecule has 3 aromatic rings. The first kappa shape index (κ1) is 22.2. The van der Waals surface area contributed by atoms with Crippen LogP contribution in [0.2, 0.25) is 0 Å². The zero-order valence-corrected chi connectivity index (χ0v) is 17.3. The Morgan fingerprint density at radius 3 is 2.12 bits per heavy atom. The van der Waals surface area contributed by atoms with Crippen molar-refractivity contribution < 1.29 is 28.7 Å². The molecule has 0 saturated carbocycles.